The molecule has 0 saturated heterocycles. The molecule has 6 aromatic rings. The van der Waals surface area contributed by atoms with Crippen LogP contribution in [0.5, 0.6) is 0 Å². The fourth-order valence-electron chi connectivity index (χ4n) is 7.87. The SMILES string of the molecule is CC(C)(c1ccc(-n2c3c(c4ccccc42)CCC=C3)cc1)c1ccc(C(C)(C)n2c3c(c4ccccc42)CCC=C3)cc1. The summed E-state index contributed by atoms with van der Waals surface area (Å²) in [5.74, 6) is 0. The molecule has 0 radical (unpaired) electrons. The molecule has 0 saturated carbocycles. The van der Waals surface area contributed by atoms with Gasteiger partial charge in [-0.05, 0) is 104 Å². The number of aromatic nitrogens is 2. The Morgan fingerprint density at radius 3 is 1.68 bits per heavy atom. The van der Waals surface area contributed by atoms with Gasteiger partial charge in [-0.3, -0.25) is 0 Å². The van der Waals surface area contributed by atoms with Crippen LogP contribution in [0.15, 0.2) is 109 Å². The molecule has 0 amide bonds. The third-order valence-corrected chi connectivity index (χ3v) is 10.4. The van der Waals surface area contributed by atoms with Crippen LogP contribution in [0.25, 0.3) is 39.6 Å². The second kappa shape index (κ2) is 9.99. The lowest BCUT2D eigenvalue weighted by molar-refractivity contribution is 0.447. The summed E-state index contributed by atoms with van der Waals surface area (Å²) in [5, 5.41) is 2.77. The third-order valence-electron chi connectivity index (χ3n) is 10.4. The van der Waals surface area contributed by atoms with Crippen LogP contribution < -0.4 is 0 Å². The largest absolute Gasteiger partial charge is 0.331 e. The number of para-hydroxylation sites is 2. The fraction of sp³-hybridized carbons (Fsp3) is 0.238. The molecule has 4 aromatic carbocycles. The number of aryl methyl sites for hydroxylation is 2. The normalized spacial score (nSPS) is 14.7. The van der Waals surface area contributed by atoms with Crippen LogP contribution in [-0.2, 0) is 23.8 Å². The fourth-order valence-corrected chi connectivity index (χ4v) is 7.87. The zero-order valence-corrected chi connectivity index (χ0v) is 26.3. The van der Waals surface area contributed by atoms with Gasteiger partial charge in [-0.1, -0.05) is 98.8 Å². The van der Waals surface area contributed by atoms with Crippen molar-refractivity contribution in [1.82, 2.24) is 9.13 Å². The maximum absolute atomic E-state index is 2.56. The average molecular weight is 573 g/mol. The van der Waals surface area contributed by atoms with Crippen molar-refractivity contribution in [3.05, 3.63) is 148 Å². The van der Waals surface area contributed by atoms with Gasteiger partial charge >= 0.3 is 0 Å². The number of fused-ring (bicyclic) bond motifs is 6. The minimum absolute atomic E-state index is 0.124. The summed E-state index contributed by atoms with van der Waals surface area (Å²) in [4.78, 5) is 0. The van der Waals surface area contributed by atoms with E-state index in [1.54, 1.807) is 0 Å². The maximum atomic E-state index is 2.56. The first kappa shape index (κ1) is 27.0. The monoisotopic (exact) mass is 572 g/mol. The molecule has 2 aromatic heterocycles. The quantitative estimate of drug-likeness (QED) is 0.194. The van der Waals surface area contributed by atoms with E-state index >= 15 is 0 Å². The van der Waals surface area contributed by atoms with Crippen LogP contribution in [0.1, 0.15) is 79.7 Å². The number of nitrogens with zero attached hydrogens (tertiary/aromatic N) is 2. The molecule has 2 aliphatic rings. The van der Waals surface area contributed by atoms with E-state index in [1.807, 2.05) is 0 Å². The summed E-state index contributed by atoms with van der Waals surface area (Å²) >= 11 is 0. The Balaban J connectivity index is 1.13. The molecule has 0 bridgehead atoms. The Kier molecular flexibility index (Phi) is 6.14. The van der Waals surface area contributed by atoms with Crippen LogP contribution in [0.4, 0.5) is 0 Å². The molecule has 2 heterocycles. The lowest BCUT2D eigenvalue weighted by Crippen LogP contribution is -2.29. The van der Waals surface area contributed by atoms with Crippen LogP contribution in [0, 0.1) is 0 Å². The van der Waals surface area contributed by atoms with Crippen molar-refractivity contribution in [3.8, 4) is 5.69 Å². The van der Waals surface area contributed by atoms with Crippen molar-refractivity contribution in [2.75, 3.05) is 0 Å². The molecule has 2 heteroatoms. The first-order chi connectivity index (χ1) is 21.4. The van der Waals surface area contributed by atoms with E-state index in [2.05, 4.69) is 158 Å². The maximum Gasteiger partial charge on any atom is 0.0646 e. The number of hydrogen-bond acceptors (Lipinski definition) is 0. The highest BCUT2D eigenvalue weighted by Gasteiger charge is 2.31. The van der Waals surface area contributed by atoms with Crippen molar-refractivity contribution in [1.29, 1.82) is 0 Å². The van der Waals surface area contributed by atoms with Crippen molar-refractivity contribution in [3.63, 3.8) is 0 Å². The summed E-state index contributed by atoms with van der Waals surface area (Å²) < 4.78 is 5.00. The molecule has 44 heavy (non-hydrogen) atoms. The second-order valence-electron chi connectivity index (χ2n) is 13.6. The number of allylic oxidation sites excluding steroid dienone is 2. The Labute approximate surface area is 261 Å². The Hall–Kier alpha value is -4.56. The van der Waals surface area contributed by atoms with Crippen LogP contribution in [-0.4, -0.2) is 9.13 Å². The highest BCUT2D eigenvalue weighted by Crippen LogP contribution is 2.40. The van der Waals surface area contributed by atoms with Crippen LogP contribution >= 0.6 is 0 Å². The van der Waals surface area contributed by atoms with E-state index in [1.165, 1.54) is 66.7 Å². The molecule has 0 fully saturated rings. The first-order valence-electron chi connectivity index (χ1n) is 16.2. The van der Waals surface area contributed by atoms with Gasteiger partial charge in [0.2, 0.25) is 0 Å². The first-order valence-corrected chi connectivity index (χ1v) is 16.2. The molecule has 0 aliphatic heterocycles. The number of benzene rings is 4. The summed E-state index contributed by atoms with van der Waals surface area (Å²) in [6, 6.07) is 36.4. The van der Waals surface area contributed by atoms with Gasteiger partial charge in [0.1, 0.15) is 0 Å². The summed E-state index contributed by atoms with van der Waals surface area (Å²) in [7, 11) is 0. The highest BCUT2D eigenvalue weighted by molar-refractivity contribution is 5.91. The lowest BCUT2D eigenvalue weighted by Gasteiger charge is -2.32. The zero-order chi connectivity index (χ0) is 30.1. The van der Waals surface area contributed by atoms with Gasteiger partial charge in [0.15, 0.2) is 0 Å². The van der Waals surface area contributed by atoms with E-state index in [4.69, 9.17) is 0 Å². The summed E-state index contributed by atoms with van der Waals surface area (Å²) in [6.45, 7) is 9.41. The summed E-state index contributed by atoms with van der Waals surface area (Å²) in [5.41, 5.74) is 13.2. The zero-order valence-electron chi connectivity index (χ0n) is 26.3. The molecule has 0 unspecified atom stereocenters. The topological polar surface area (TPSA) is 9.86 Å². The molecule has 218 valence electrons. The van der Waals surface area contributed by atoms with Crippen molar-refractivity contribution >= 4 is 34.0 Å². The predicted molar refractivity (Wildman–Crippen MR) is 187 cm³/mol. The van der Waals surface area contributed by atoms with Gasteiger partial charge < -0.3 is 9.13 Å². The van der Waals surface area contributed by atoms with Gasteiger partial charge in [-0.2, -0.15) is 0 Å². The Bertz CT molecular complexity index is 2090. The van der Waals surface area contributed by atoms with Gasteiger partial charge in [0, 0.05) is 38.8 Å². The minimum Gasteiger partial charge on any atom is -0.331 e. The van der Waals surface area contributed by atoms with Crippen molar-refractivity contribution < 1.29 is 0 Å². The molecule has 2 nitrogen and oxygen atoms in total. The van der Waals surface area contributed by atoms with Crippen molar-refractivity contribution in [2.45, 2.75) is 64.3 Å². The Morgan fingerprint density at radius 1 is 0.523 bits per heavy atom. The molecule has 0 atom stereocenters. The van der Waals surface area contributed by atoms with Crippen LogP contribution in [0.2, 0.25) is 0 Å². The number of rotatable bonds is 5. The highest BCUT2D eigenvalue weighted by atomic mass is 15.1. The van der Waals surface area contributed by atoms with Gasteiger partial charge in [-0.15, -0.1) is 0 Å². The molecule has 0 N–H and O–H groups in total. The molecular formula is C42H40N2. The Morgan fingerprint density at radius 2 is 1.02 bits per heavy atom. The van der Waals surface area contributed by atoms with Gasteiger partial charge in [0.05, 0.1) is 11.1 Å². The minimum atomic E-state index is -0.188. The van der Waals surface area contributed by atoms with Crippen molar-refractivity contribution in [2.24, 2.45) is 0 Å². The molecule has 8 rings (SSSR count). The van der Waals surface area contributed by atoms with Gasteiger partial charge in [-0.25, -0.2) is 0 Å². The van der Waals surface area contributed by atoms with E-state index < -0.39 is 0 Å². The molecule has 0 spiro atoms. The summed E-state index contributed by atoms with van der Waals surface area (Å²) in [6.07, 6.45) is 13.7. The second-order valence-corrected chi connectivity index (χ2v) is 13.6. The van der Waals surface area contributed by atoms with E-state index in [9.17, 15) is 0 Å². The predicted octanol–water partition coefficient (Wildman–Crippen LogP) is 10.6. The molecular weight excluding hydrogens is 532 g/mol. The van der Waals surface area contributed by atoms with E-state index in [0.29, 0.717) is 0 Å². The third kappa shape index (κ3) is 4.00. The standard InChI is InChI=1S/C42H40N2/c1-41(2,30-25-27-32(28-26-30)43-37-17-9-5-13-33(37)34-14-6-10-18-38(34)43)29-21-23-31(24-22-29)42(3,4)44-39-19-11-7-15-35(39)36-16-8-12-20-40(36)44/h5,7,9-13,15,17-28H,6,8,14,16H2,1-4H3. The van der Waals surface area contributed by atoms with Gasteiger partial charge in [0.25, 0.3) is 0 Å². The average Bonchev–Trinajstić information content (AvgIpc) is 3.58. The number of hydrogen-bond donors (Lipinski definition) is 0. The molecule has 2 aliphatic carbocycles. The smallest absolute Gasteiger partial charge is 0.0646 e. The van der Waals surface area contributed by atoms with E-state index in [-0.39, 0.29) is 11.0 Å². The van der Waals surface area contributed by atoms with Crippen LogP contribution in [0.3, 0.4) is 0 Å². The van der Waals surface area contributed by atoms with E-state index in [0.717, 1.165) is 25.7 Å². The lowest BCUT2D eigenvalue weighted by atomic mass is 9.77.